The van der Waals surface area contributed by atoms with Crippen LogP contribution in [0.3, 0.4) is 0 Å². The lowest BCUT2D eigenvalue weighted by molar-refractivity contribution is -0.122. The highest BCUT2D eigenvalue weighted by molar-refractivity contribution is 5.81. The van der Waals surface area contributed by atoms with Gasteiger partial charge in [0, 0.05) is 5.92 Å². The zero-order chi connectivity index (χ0) is 11.5. The summed E-state index contributed by atoms with van der Waals surface area (Å²) in [5, 5.41) is 3.06. The highest BCUT2D eigenvalue weighted by Crippen LogP contribution is 2.30. The maximum Gasteiger partial charge on any atom is 0.223 e. The summed E-state index contributed by atoms with van der Waals surface area (Å²) in [6, 6.07) is 9.93. The summed E-state index contributed by atoms with van der Waals surface area (Å²) in [5.41, 5.74) is 2.07. The molecule has 1 amide bonds. The first kappa shape index (κ1) is 10.9. The average molecular weight is 215 g/mol. The van der Waals surface area contributed by atoms with Gasteiger partial charge >= 0.3 is 0 Å². The Hall–Kier alpha value is -1.57. The lowest BCUT2D eigenvalue weighted by atomic mass is 10.0. The molecule has 0 aliphatic heterocycles. The quantitative estimate of drug-likeness (QED) is 0.769. The predicted molar refractivity (Wildman–Crippen MR) is 64.9 cm³/mol. The topological polar surface area (TPSA) is 29.1 Å². The van der Waals surface area contributed by atoms with Crippen LogP contribution in [0.15, 0.2) is 42.5 Å². The van der Waals surface area contributed by atoms with Gasteiger partial charge in [0.1, 0.15) is 0 Å². The molecule has 16 heavy (non-hydrogen) atoms. The molecule has 1 aliphatic rings. The van der Waals surface area contributed by atoms with Gasteiger partial charge in [0.05, 0.1) is 6.04 Å². The summed E-state index contributed by atoms with van der Waals surface area (Å²) < 4.78 is 0. The Morgan fingerprint density at radius 1 is 1.38 bits per heavy atom. The van der Waals surface area contributed by atoms with Gasteiger partial charge in [-0.05, 0) is 25.3 Å². The molecule has 1 aliphatic carbocycles. The van der Waals surface area contributed by atoms with Gasteiger partial charge in [-0.25, -0.2) is 0 Å². The summed E-state index contributed by atoms with van der Waals surface area (Å²) in [7, 11) is 0. The van der Waals surface area contributed by atoms with Crippen molar-refractivity contribution in [3.05, 3.63) is 48.0 Å². The van der Waals surface area contributed by atoms with E-state index in [2.05, 4.69) is 11.9 Å². The Bertz CT molecular complexity index is 392. The molecule has 1 atom stereocenters. The predicted octanol–water partition coefficient (Wildman–Crippen LogP) is 2.83. The third-order valence-corrected chi connectivity index (χ3v) is 2.86. The maximum absolute atomic E-state index is 11.7. The molecule has 0 spiro atoms. The van der Waals surface area contributed by atoms with Gasteiger partial charge in [-0.3, -0.25) is 4.79 Å². The van der Waals surface area contributed by atoms with Gasteiger partial charge in [-0.15, -0.1) is 0 Å². The van der Waals surface area contributed by atoms with E-state index in [1.54, 1.807) is 0 Å². The van der Waals surface area contributed by atoms with Crippen LogP contribution in [0, 0.1) is 5.92 Å². The van der Waals surface area contributed by atoms with E-state index >= 15 is 0 Å². The van der Waals surface area contributed by atoms with Crippen LogP contribution in [0.25, 0.3) is 0 Å². The van der Waals surface area contributed by atoms with E-state index in [0.29, 0.717) is 0 Å². The third kappa shape index (κ3) is 2.51. The fraction of sp³-hybridized carbons (Fsp3) is 0.357. The number of hydrogen-bond donors (Lipinski definition) is 1. The minimum absolute atomic E-state index is 0.0469. The fourth-order valence-electron chi connectivity index (χ4n) is 1.74. The van der Waals surface area contributed by atoms with Crippen LogP contribution in [0.2, 0.25) is 0 Å². The SMILES string of the molecule is C=C(C)C(NC(=O)C1CC1)c1ccccc1. The van der Waals surface area contributed by atoms with Crippen LogP contribution < -0.4 is 5.32 Å². The van der Waals surface area contributed by atoms with E-state index < -0.39 is 0 Å². The number of benzene rings is 1. The third-order valence-electron chi connectivity index (χ3n) is 2.86. The first-order valence-corrected chi connectivity index (χ1v) is 5.69. The minimum atomic E-state index is -0.0469. The Morgan fingerprint density at radius 3 is 2.50 bits per heavy atom. The average Bonchev–Trinajstić information content (AvgIpc) is 3.10. The molecular weight excluding hydrogens is 198 g/mol. The Morgan fingerprint density at radius 2 is 2.00 bits per heavy atom. The number of nitrogens with one attached hydrogen (secondary N) is 1. The molecule has 0 radical (unpaired) electrons. The molecule has 0 bridgehead atoms. The highest BCUT2D eigenvalue weighted by Gasteiger charge is 2.31. The summed E-state index contributed by atoms with van der Waals surface area (Å²) in [6.07, 6.45) is 2.06. The van der Waals surface area contributed by atoms with E-state index in [1.807, 2.05) is 37.3 Å². The van der Waals surface area contributed by atoms with E-state index in [0.717, 1.165) is 24.0 Å². The van der Waals surface area contributed by atoms with Gasteiger partial charge in [0.15, 0.2) is 0 Å². The monoisotopic (exact) mass is 215 g/mol. The second-order valence-electron chi connectivity index (χ2n) is 4.47. The zero-order valence-corrected chi connectivity index (χ0v) is 9.57. The first-order chi connectivity index (χ1) is 7.68. The molecule has 1 unspecified atom stereocenters. The summed E-state index contributed by atoms with van der Waals surface area (Å²) in [5.74, 6) is 0.405. The normalized spacial score (nSPS) is 16.6. The van der Waals surface area contributed by atoms with Crippen molar-refractivity contribution < 1.29 is 4.79 Å². The van der Waals surface area contributed by atoms with Crippen LogP contribution >= 0.6 is 0 Å². The van der Waals surface area contributed by atoms with Gasteiger partial charge in [0.2, 0.25) is 5.91 Å². The molecular formula is C14H17NO. The molecule has 2 rings (SSSR count). The van der Waals surface area contributed by atoms with Crippen LogP contribution in [0.4, 0.5) is 0 Å². The number of amides is 1. The molecule has 1 N–H and O–H groups in total. The van der Waals surface area contributed by atoms with E-state index in [4.69, 9.17) is 0 Å². The van der Waals surface area contributed by atoms with Crippen molar-refractivity contribution in [2.45, 2.75) is 25.8 Å². The Kier molecular flexibility index (Phi) is 3.09. The largest absolute Gasteiger partial charge is 0.345 e. The van der Waals surface area contributed by atoms with E-state index in [1.165, 1.54) is 0 Å². The summed E-state index contributed by atoms with van der Waals surface area (Å²) >= 11 is 0. The molecule has 1 saturated carbocycles. The molecule has 0 heterocycles. The van der Waals surface area contributed by atoms with Crippen LogP contribution in [0.1, 0.15) is 31.4 Å². The minimum Gasteiger partial charge on any atom is -0.345 e. The van der Waals surface area contributed by atoms with Gasteiger partial charge < -0.3 is 5.32 Å². The molecule has 0 saturated heterocycles. The molecule has 1 fully saturated rings. The number of carbonyl (C=O) groups is 1. The van der Waals surface area contributed by atoms with Crippen LogP contribution in [0.5, 0.6) is 0 Å². The second-order valence-corrected chi connectivity index (χ2v) is 4.47. The molecule has 84 valence electrons. The molecule has 1 aromatic rings. The van der Waals surface area contributed by atoms with Gasteiger partial charge in [0.25, 0.3) is 0 Å². The van der Waals surface area contributed by atoms with Crippen molar-refractivity contribution >= 4 is 5.91 Å². The Balaban J connectivity index is 2.11. The summed E-state index contributed by atoms with van der Waals surface area (Å²) in [6.45, 7) is 5.90. The smallest absolute Gasteiger partial charge is 0.223 e. The van der Waals surface area contributed by atoms with Crippen LogP contribution in [-0.4, -0.2) is 5.91 Å². The van der Waals surface area contributed by atoms with Crippen molar-refractivity contribution in [2.75, 3.05) is 0 Å². The standard InChI is InChI=1S/C14H17NO/c1-10(2)13(11-6-4-3-5-7-11)15-14(16)12-8-9-12/h3-7,12-13H,1,8-9H2,2H3,(H,15,16). The molecule has 0 aromatic heterocycles. The molecule has 2 heteroatoms. The second kappa shape index (κ2) is 4.52. The Labute approximate surface area is 96.4 Å². The number of hydrogen-bond acceptors (Lipinski definition) is 1. The lowest BCUT2D eigenvalue weighted by Gasteiger charge is -2.19. The zero-order valence-electron chi connectivity index (χ0n) is 9.57. The van der Waals surface area contributed by atoms with Crippen molar-refractivity contribution in [3.63, 3.8) is 0 Å². The van der Waals surface area contributed by atoms with Crippen molar-refractivity contribution in [3.8, 4) is 0 Å². The van der Waals surface area contributed by atoms with Crippen molar-refractivity contribution in [2.24, 2.45) is 5.92 Å². The lowest BCUT2D eigenvalue weighted by Crippen LogP contribution is -2.30. The number of rotatable bonds is 4. The van der Waals surface area contributed by atoms with Gasteiger partial charge in [-0.1, -0.05) is 42.5 Å². The molecule has 2 nitrogen and oxygen atoms in total. The van der Waals surface area contributed by atoms with Crippen molar-refractivity contribution in [1.29, 1.82) is 0 Å². The fourth-order valence-corrected chi connectivity index (χ4v) is 1.74. The number of carbonyl (C=O) groups excluding carboxylic acids is 1. The highest BCUT2D eigenvalue weighted by atomic mass is 16.2. The van der Waals surface area contributed by atoms with E-state index in [-0.39, 0.29) is 17.9 Å². The van der Waals surface area contributed by atoms with E-state index in [9.17, 15) is 4.79 Å². The summed E-state index contributed by atoms with van der Waals surface area (Å²) in [4.78, 5) is 11.7. The van der Waals surface area contributed by atoms with Gasteiger partial charge in [-0.2, -0.15) is 0 Å². The maximum atomic E-state index is 11.7. The van der Waals surface area contributed by atoms with Crippen molar-refractivity contribution in [1.82, 2.24) is 5.32 Å². The molecule has 1 aromatic carbocycles. The first-order valence-electron chi connectivity index (χ1n) is 5.69. The van der Waals surface area contributed by atoms with Crippen LogP contribution in [-0.2, 0) is 4.79 Å².